The average molecular weight is 422 g/mol. The molecule has 1 saturated heterocycles. The molecule has 2 N–H and O–H groups in total. The monoisotopic (exact) mass is 421 g/mol. The molecule has 1 aromatic heterocycles. The fraction of sp³-hybridized carbons (Fsp3) is 0.278. The lowest BCUT2D eigenvalue weighted by molar-refractivity contribution is -0.138. The third kappa shape index (κ3) is 4.76. The molecule has 0 spiro atoms. The molecule has 0 bridgehead atoms. The van der Waals surface area contributed by atoms with Gasteiger partial charge in [0.2, 0.25) is 11.8 Å². The molecule has 148 valence electrons. The van der Waals surface area contributed by atoms with Gasteiger partial charge in [0, 0.05) is 37.2 Å². The van der Waals surface area contributed by atoms with Gasteiger partial charge in [-0.3, -0.25) is 24.0 Å². The molecule has 0 atom stereocenters. The van der Waals surface area contributed by atoms with Gasteiger partial charge in [-0.2, -0.15) is 0 Å². The predicted octanol–water partition coefficient (Wildman–Crippen LogP) is 1.82. The highest BCUT2D eigenvalue weighted by atomic mass is 32.2. The Hall–Kier alpha value is -2.72. The molecule has 1 aliphatic heterocycles. The Labute approximate surface area is 166 Å². The fourth-order valence-corrected chi connectivity index (χ4v) is 4.80. The van der Waals surface area contributed by atoms with Gasteiger partial charge in [0.25, 0.3) is 15.9 Å². The van der Waals surface area contributed by atoms with Gasteiger partial charge < -0.3 is 5.32 Å². The Bertz CT molecular complexity index is 970. The van der Waals surface area contributed by atoms with Crippen molar-refractivity contribution < 1.29 is 22.8 Å². The van der Waals surface area contributed by atoms with Crippen LogP contribution in [-0.4, -0.2) is 44.1 Å². The summed E-state index contributed by atoms with van der Waals surface area (Å²) in [6, 6.07) is 9.32. The number of sulfonamides is 1. The van der Waals surface area contributed by atoms with Crippen LogP contribution in [0.25, 0.3) is 0 Å². The SMILES string of the molecule is O=C(NCCCN1C(=O)CCC1=O)c1cccc(NS(=O)(=O)c2cccs2)c1. The number of benzene rings is 1. The lowest BCUT2D eigenvalue weighted by atomic mass is 10.2. The molecule has 2 aromatic rings. The Balaban J connectivity index is 1.54. The minimum absolute atomic E-state index is 0.179. The van der Waals surface area contributed by atoms with Crippen molar-refractivity contribution in [2.45, 2.75) is 23.5 Å². The first-order valence-corrected chi connectivity index (χ1v) is 11.0. The minimum atomic E-state index is -3.69. The summed E-state index contributed by atoms with van der Waals surface area (Å²) in [7, 11) is -3.69. The molecule has 2 heterocycles. The van der Waals surface area contributed by atoms with E-state index in [1.807, 2.05) is 0 Å². The summed E-state index contributed by atoms with van der Waals surface area (Å²) >= 11 is 1.10. The van der Waals surface area contributed by atoms with Crippen LogP contribution in [0.1, 0.15) is 29.6 Å². The molecule has 0 radical (unpaired) electrons. The summed E-state index contributed by atoms with van der Waals surface area (Å²) in [5.41, 5.74) is 0.592. The van der Waals surface area contributed by atoms with Crippen LogP contribution in [0.3, 0.4) is 0 Å². The van der Waals surface area contributed by atoms with Crippen molar-refractivity contribution in [1.82, 2.24) is 10.2 Å². The maximum Gasteiger partial charge on any atom is 0.271 e. The summed E-state index contributed by atoms with van der Waals surface area (Å²) in [5.74, 6) is -0.722. The topological polar surface area (TPSA) is 113 Å². The Morgan fingerprint density at radius 1 is 1.11 bits per heavy atom. The number of nitrogens with zero attached hydrogens (tertiary/aromatic N) is 1. The molecule has 1 fully saturated rings. The van der Waals surface area contributed by atoms with E-state index in [-0.39, 0.29) is 47.0 Å². The van der Waals surface area contributed by atoms with Crippen LogP contribution in [-0.2, 0) is 19.6 Å². The number of imide groups is 1. The number of hydrogen-bond acceptors (Lipinski definition) is 6. The third-order valence-corrected chi connectivity index (χ3v) is 6.91. The van der Waals surface area contributed by atoms with E-state index in [0.29, 0.717) is 18.5 Å². The molecule has 28 heavy (non-hydrogen) atoms. The third-order valence-electron chi connectivity index (χ3n) is 4.14. The summed E-state index contributed by atoms with van der Waals surface area (Å²) < 4.78 is 27.2. The van der Waals surface area contributed by atoms with Crippen molar-refractivity contribution in [1.29, 1.82) is 0 Å². The van der Waals surface area contributed by atoms with Crippen LogP contribution in [0.15, 0.2) is 46.0 Å². The molecule has 0 unspecified atom stereocenters. The van der Waals surface area contributed by atoms with Crippen molar-refractivity contribution in [3.63, 3.8) is 0 Å². The largest absolute Gasteiger partial charge is 0.352 e. The number of carbonyl (C=O) groups is 3. The second kappa shape index (κ2) is 8.53. The maximum absolute atomic E-state index is 12.3. The number of nitrogens with one attached hydrogen (secondary N) is 2. The number of amides is 3. The van der Waals surface area contributed by atoms with Crippen LogP contribution < -0.4 is 10.0 Å². The second-order valence-electron chi connectivity index (χ2n) is 6.17. The van der Waals surface area contributed by atoms with E-state index in [4.69, 9.17) is 0 Å². The first-order valence-electron chi connectivity index (χ1n) is 8.64. The standard InChI is InChI=1S/C18H19N3O5S2/c22-15-7-8-16(23)21(15)10-3-9-19-18(24)13-4-1-5-14(12-13)20-28(25,26)17-6-2-11-27-17/h1-2,4-6,11-12,20H,3,7-10H2,(H,19,24). The molecule has 10 heteroatoms. The highest BCUT2D eigenvalue weighted by molar-refractivity contribution is 7.94. The van der Waals surface area contributed by atoms with E-state index < -0.39 is 10.0 Å². The van der Waals surface area contributed by atoms with Gasteiger partial charge in [0.05, 0.1) is 0 Å². The van der Waals surface area contributed by atoms with Gasteiger partial charge in [-0.05, 0) is 36.1 Å². The summed E-state index contributed by atoms with van der Waals surface area (Å²) in [6.45, 7) is 0.569. The van der Waals surface area contributed by atoms with Crippen LogP contribution >= 0.6 is 11.3 Å². The molecule has 0 aliphatic carbocycles. The smallest absolute Gasteiger partial charge is 0.271 e. The summed E-state index contributed by atoms with van der Waals surface area (Å²) in [4.78, 5) is 36.6. The van der Waals surface area contributed by atoms with Crippen LogP contribution in [0.4, 0.5) is 5.69 Å². The number of anilines is 1. The highest BCUT2D eigenvalue weighted by Gasteiger charge is 2.27. The van der Waals surface area contributed by atoms with E-state index in [0.717, 1.165) is 11.3 Å². The van der Waals surface area contributed by atoms with Crippen molar-refractivity contribution in [3.05, 3.63) is 47.3 Å². The summed E-state index contributed by atoms with van der Waals surface area (Å²) in [6.07, 6.45) is 0.951. The van der Waals surface area contributed by atoms with E-state index in [1.165, 1.54) is 17.0 Å². The Morgan fingerprint density at radius 2 is 1.86 bits per heavy atom. The molecule has 1 aliphatic rings. The zero-order chi connectivity index (χ0) is 20.1. The fourth-order valence-electron chi connectivity index (χ4n) is 2.76. The molecule has 3 amide bonds. The van der Waals surface area contributed by atoms with Gasteiger partial charge in [0.1, 0.15) is 4.21 Å². The predicted molar refractivity (Wildman–Crippen MR) is 104 cm³/mol. The Morgan fingerprint density at radius 3 is 2.54 bits per heavy atom. The molecular formula is C18H19N3O5S2. The van der Waals surface area contributed by atoms with Gasteiger partial charge in [0.15, 0.2) is 0 Å². The lowest BCUT2D eigenvalue weighted by Gasteiger charge is -2.13. The van der Waals surface area contributed by atoms with Crippen molar-refractivity contribution in [3.8, 4) is 0 Å². The number of thiophene rings is 1. The van der Waals surface area contributed by atoms with Gasteiger partial charge >= 0.3 is 0 Å². The number of rotatable bonds is 8. The molecule has 1 aromatic carbocycles. The zero-order valence-corrected chi connectivity index (χ0v) is 16.5. The van der Waals surface area contributed by atoms with E-state index in [1.54, 1.807) is 29.6 Å². The van der Waals surface area contributed by atoms with E-state index in [2.05, 4.69) is 10.0 Å². The summed E-state index contributed by atoms with van der Waals surface area (Å²) in [5, 5.41) is 4.38. The quantitative estimate of drug-likeness (QED) is 0.499. The molecular weight excluding hydrogens is 402 g/mol. The number of carbonyl (C=O) groups excluding carboxylic acids is 3. The first-order chi connectivity index (χ1) is 13.4. The van der Waals surface area contributed by atoms with E-state index in [9.17, 15) is 22.8 Å². The van der Waals surface area contributed by atoms with Gasteiger partial charge in [-0.15, -0.1) is 11.3 Å². The lowest BCUT2D eigenvalue weighted by Crippen LogP contribution is -2.33. The van der Waals surface area contributed by atoms with Crippen LogP contribution in [0.5, 0.6) is 0 Å². The van der Waals surface area contributed by atoms with E-state index >= 15 is 0 Å². The Kier molecular flexibility index (Phi) is 6.10. The van der Waals surface area contributed by atoms with Crippen molar-refractivity contribution in [2.75, 3.05) is 17.8 Å². The second-order valence-corrected chi connectivity index (χ2v) is 9.02. The first kappa shape index (κ1) is 20.0. The molecule has 8 nitrogen and oxygen atoms in total. The maximum atomic E-state index is 12.3. The number of likely N-dealkylation sites (tertiary alicyclic amines) is 1. The van der Waals surface area contributed by atoms with Crippen molar-refractivity contribution >= 4 is 44.8 Å². The molecule has 0 saturated carbocycles. The van der Waals surface area contributed by atoms with Gasteiger partial charge in [-0.25, -0.2) is 8.42 Å². The van der Waals surface area contributed by atoms with Crippen LogP contribution in [0, 0.1) is 0 Å². The molecule has 3 rings (SSSR count). The van der Waals surface area contributed by atoms with Gasteiger partial charge in [-0.1, -0.05) is 12.1 Å². The van der Waals surface area contributed by atoms with Crippen LogP contribution in [0.2, 0.25) is 0 Å². The zero-order valence-electron chi connectivity index (χ0n) is 14.9. The normalized spacial score (nSPS) is 14.4. The number of hydrogen-bond donors (Lipinski definition) is 2. The highest BCUT2D eigenvalue weighted by Crippen LogP contribution is 2.20. The minimum Gasteiger partial charge on any atom is -0.352 e. The average Bonchev–Trinajstić information content (AvgIpc) is 3.30. The van der Waals surface area contributed by atoms with Crippen molar-refractivity contribution in [2.24, 2.45) is 0 Å².